The summed E-state index contributed by atoms with van der Waals surface area (Å²) in [5.41, 5.74) is 6.82. The molecule has 0 aromatic heterocycles. The van der Waals surface area contributed by atoms with Gasteiger partial charge in [0.1, 0.15) is 0 Å². The zero-order valence-corrected chi connectivity index (χ0v) is 13.1. The first-order valence-electron chi connectivity index (χ1n) is 6.83. The third kappa shape index (κ3) is 3.13. The molecule has 0 heterocycles. The minimum Gasteiger partial charge on any atom is -0.391 e. The number of carbonyl (C=O) groups is 1. The van der Waals surface area contributed by atoms with Gasteiger partial charge in [-0.3, -0.25) is 4.79 Å². The molecule has 0 radical (unpaired) electrons. The predicted octanol–water partition coefficient (Wildman–Crippen LogP) is 3.37. The zero-order valence-electron chi connectivity index (χ0n) is 11.5. The fraction of sp³-hybridized carbons (Fsp3) is 0.467. The predicted molar refractivity (Wildman–Crippen MR) is 86.3 cm³/mol. The van der Waals surface area contributed by atoms with Gasteiger partial charge in [0.15, 0.2) is 0 Å². The molecular formula is C15H19ClN2OS. The summed E-state index contributed by atoms with van der Waals surface area (Å²) >= 11 is 11.2. The first-order chi connectivity index (χ1) is 9.44. The number of halogens is 1. The SMILES string of the molecule is Cc1ccc(Cl)cc1C(=O)NC1(C(N)=S)CCCCC1. The molecule has 5 heteroatoms. The first kappa shape index (κ1) is 15.3. The van der Waals surface area contributed by atoms with E-state index in [9.17, 15) is 4.79 Å². The highest BCUT2D eigenvalue weighted by molar-refractivity contribution is 7.80. The summed E-state index contributed by atoms with van der Waals surface area (Å²) in [7, 11) is 0. The number of nitrogens with one attached hydrogen (secondary N) is 1. The van der Waals surface area contributed by atoms with E-state index in [1.54, 1.807) is 12.1 Å². The van der Waals surface area contributed by atoms with Crippen molar-refractivity contribution in [3.05, 3.63) is 34.3 Å². The van der Waals surface area contributed by atoms with Crippen LogP contribution in [0.5, 0.6) is 0 Å². The van der Waals surface area contributed by atoms with E-state index in [4.69, 9.17) is 29.6 Å². The zero-order chi connectivity index (χ0) is 14.8. The van der Waals surface area contributed by atoms with Crippen LogP contribution >= 0.6 is 23.8 Å². The fourth-order valence-corrected chi connectivity index (χ4v) is 3.14. The van der Waals surface area contributed by atoms with E-state index in [0.29, 0.717) is 15.6 Å². The monoisotopic (exact) mass is 310 g/mol. The third-order valence-electron chi connectivity index (χ3n) is 3.98. The lowest BCUT2D eigenvalue weighted by atomic mass is 9.81. The molecule has 1 aromatic carbocycles. The van der Waals surface area contributed by atoms with Crippen LogP contribution in [0.2, 0.25) is 5.02 Å². The van der Waals surface area contributed by atoms with Gasteiger partial charge < -0.3 is 11.1 Å². The summed E-state index contributed by atoms with van der Waals surface area (Å²) < 4.78 is 0. The molecule has 20 heavy (non-hydrogen) atoms. The van der Waals surface area contributed by atoms with Crippen LogP contribution in [-0.4, -0.2) is 16.4 Å². The topological polar surface area (TPSA) is 55.1 Å². The molecule has 1 saturated carbocycles. The summed E-state index contributed by atoms with van der Waals surface area (Å²) in [5.74, 6) is -0.153. The summed E-state index contributed by atoms with van der Waals surface area (Å²) in [6.45, 7) is 1.89. The Morgan fingerprint density at radius 3 is 2.60 bits per heavy atom. The number of rotatable bonds is 3. The van der Waals surface area contributed by atoms with Crippen LogP contribution in [-0.2, 0) is 0 Å². The molecule has 0 bridgehead atoms. The van der Waals surface area contributed by atoms with Gasteiger partial charge in [0.25, 0.3) is 5.91 Å². The van der Waals surface area contributed by atoms with E-state index >= 15 is 0 Å². The Balaban J connectivity index is 2.24. The molecule has 0 atom stereocenters. The molecule has 1 aliphatic carbocycles. The van der Waals surface area contributed by atoms with Crippen LogP contribution in [0.25, 0.3) is 0 Å². The van der Waals surface area contributed by atoms with E-state index in [-0.39, 0.29) is 5.91 Å². The van der Waals surface area contributed by atoms with Crippen molar-refractivity contribution in [1.29, 1.82) is 0 Å². The lowest BCUT2D eigenvalue weighted by Gasteiger charge is -2.37. The number of hydrogen-bond acceptors (Lipinski definition) is 2. The highest BCUT2D eigenvalue weighted by atomic mass is 35.5. The smallest absolute Gasteiger partial charge is 0.252 e. The van der Waals surface area contributed by atoms with Crippen LogP contribution < -0.4 is 11.1 Å². The van der Waals surface area contributed by atoms with Gasteiger partial charge in [0.2, 0.25) is 0 Å². The average molecular weight is 311 g/mol. The van der Waals surface area contributed by atoms with Gasteiger partial charge in [0, 0.05) is 10.6 Å². The molecule has 1 aliphatic rings. The lowest BCUT2D eigenvalue weighted by molar-refractivity contribution is 0.0908. The molecule has 1 aromatic rings. The van der Waals surface area contributed by atoms with Crippen molar-refractivity contribution in [3.8, 4) is 0 Å². The van der Waals surface area contributed by atoms with Crippen LogP contribution in [0.4, 0.5) is 0 Å². The second-order valence-corrected chi connectivity index (χ2v) is 6.30. The highest BCUT2D eigenvalue weighted by Crippen LogP contribution is 2.29. The Kier molecular flexibility index (Phi) is 4.66. The average Bonchev–Trinajstić information content (AvgIpc) is 2.42. The molecule has 0 unspecified atom stereocenters. The number of amides is 1. The van der Waals surface area contributed by atoms with E-state index in [1.165, 1.54) is 0 Å². The maximum atomic E-state index is 12.5. The third-order valence-corrected chi connectivity index (χ3v) is 4.60. The summed E-state index contributed by atoms with van der Waals surface area (Å²) in [5, 5.41) is 3.60. The van der Waals surface area contributed by atoms with Crippen LogP contribution in [0.3, 0.4) is 0 Å². The Morgan fingerprint density at radius 1 is 1.35 bits per heavy atom. The quantitative estimate of drug-likeness (QED) is 0.842. The highest BCUT2D eigenvalue weighted by Gasteiger charge is 2.36. The molecule has 0 aliphatic heterocycles. The van der Waals surface area contributed by atoms with Gasteiger partial charge in [0.05, 0.1) is 10.5 Å². The van der Waals surface area contributed by atoms with Gasteiger partial charge in [-0.1, -0.05) is 49.1 Å². The van der Waals surface area contributed by atoms with E-state index in [1.807, 2.05) is 13.0 Å². The Labute approximate surface area is 129 Å². The van der Waals surface area contributed by atoms with Gasteiger partial charge in [-0.2, -0.15) is 0 Å². The van der Waals surface area contributed by atoms with Crippen molar-refractivity contribution in [2.75, 3.05) is 0 Å². The Morgan fingerprint density at radius 2 is 2.00 bits per heavy atom. The minimum atomic E-state index is -0.542. The fourth-order valence-electron chi connectivity index (χ4n) is 2.71. The standard InChI is InChI=1S/C15H19ClN2OS/c1-10-5-6-11(16)9-12(10)13(19)18-15(14(17)20)7-3-2-4-8-15/h5-6,9H,2-4,7-8H2,1H3,(H2,17,20)(H,18,19). The molecule has 1 fully saturated rings. The number of nitrogens with two attached hydrogens (primary N) is 1. The van der Waals surface area contributed by atoms with Crippen LogP contribution in [0.1, 0.15) is 48.0 Å². The molecule has 1 amide bonds. The van der Waals surface area contributed by atoms with Crippen molar-refractivity contribution < 1.29 is 4.79 Å². The van der Waals surface area contributed by atoms with E-state index in [0.717, 1.165) is 37.7 Å². The van der Waals surface area contributed by atoms with E-state index in [2.05, 4.69) is 5.32 Å². The largest absolute Gasteiger partial charge is 0.391 e. The molecule has 108 valence electrons. The van der Waals surface area contributed by atoms with E-state index < -0.39 is 5.54 Å². The minimum absolute atomic E-state index is 0.153. The molecule has 2 rings (SSSR count). The van der Waals surface area contributed by atoms with Crippen LogP contribution in [0, 0.1) is 6.92 Å². The van der Waals surface area contributed by atoms with Crippen molar-refractivity contribution in [1.82, 2.24) is 5.32 Å². The van der Waals surface area contributed by atoms with Crippen molar-refractivity contribution in [2.45, 2.75) is 44.6 Å². The second-order valence-electron chi connectivity index (χ2n) is 5.42. The number of benzene rings is 1. The van der Waals surface area contributed by atoms with Gasteiger partial charge in [-0.05, 0) is 37.5 Å². The molecule has 3 N–H and O–H groups in total. The number of hydrogen-bond donors (Lipinski definition) is 2. The molecule has 0 saturated heterocycles. The van der Waals surface area contributed by atoms with Crippen molar-refractivity contribution >= 4 is 34.7 Å². The molecule has 3 nitrogen and oxygen atoms in total. The molecule has 0 spiro atoms. The Hall–Kier alpha value is -1.13. The number of aryl methyl sites for hydroxylation is 1. The first-order valence-corrected chi connectivity index (χ1v) is 7.62. The normalized spacial score (nSPS) is 17.5. The second kappa shape index (κ2) is 6.10. The summed E-state index contributed by atoms with van der Waals surface area (Å²) in [6, 6.07) is 5.30. The maximum Gasteiger partial charge on any atom is 0.252 e. The maximum absolute atomic E-state index is 12.5. The van der Waals surface area contributed by atoms with Crippen molar-refractivity contribution in [3.63, 3.8) is 0 Å². The van der Waals surface area contributed by atoms with Gasteiger partial charge >= 0.3 is 0 Å². The number of carbonyl (C=O) groups excluding carboxylic acids is 1. The number of thiocarbonyl (C=S) groups is 1. The van der Waals surface area contributed by atoms with Gasteiger partial charge in [-0.15, -0.1) is 0 Å². The Bertz CT molecular complexity index is 539. The van der Waals surface area contributed by atoms with Crippen LogP contribution in [0.15, 0.2) is 18.2 Å². The van der Waals surface area contributed by atoms with Gasteiger partial charge in [-0.25, -0.2) is 0 Å². The molecular weight excluding hydrogens is 292 g/mol. The summed E-state index contributed by atoms with van der Waals surface area (Å²) in [6.07, 6.45) is 4.86. The van der Waals surface area contributed by atoms with Crippen molar-refractivity contribution in [2.24, 2.45) is 5.73 Å². The summed E-state index contributed by atoms with van der Waals surface area (Å²) in [4.78, 5) is 12.9. The lowest BCUT2D eigenvalue weighted by Crippen LogP contribution is -2.57.